The molecule has 3 heterocycles. The van der Waals surface area contributed by atoms with Crippen molar-refractivity contribution in [3.8, 4) is 0 Å². The van der Waals surface area contributed by atoms with E-state index >= 15 is 0 Å². The van der Waals surface area contributed by atoms with Gasteiger partial charge in [0.25, 0.3) is 0 Å². The summed E-state index contributed by atoms with van der Waals surface area (Å²) >= 11 is 0. The lowest BCUT2D eigenvalue weighted by atomic mass is 9.80. The summed E-state index contributed by atoms with van der Waals surface area (Å²) in [7, 11) is -3.18. The first kappa shape index (κ1) is 98.6. The maximum absolute atomic E-state index is 13.7. The zero-order valence-corrected chi connectivity index (χ0v) is 67.5. The molecule has 1 saturated carbocycles. The highest BCUT2D eigenvalue weighted by Gasteiger charge is 2.56. The van der Waals surface area contributed by atoms with Crippen molar-refractivity contribution >= 4 is 37.5 Å². The number of ether oxygens (including phenoxy) is 9. The highest BCUT2D eigenvalue weighted by Crippen LogP contribution is 2.48. The number of hydrogen-bond acceptors (Lipinski definition) is 28. The second-order valence-corrected chi connectivity index (χ2v) is 31.5. The molecule has 0 aromatic heterocycles. The largest absolute Gasteiger partial charge is 0.474 e. The number of rotatable bonds is 59. The number of hydrogen-bond donors (Lipinski definition) is 13. The summed E-state index contributed by atoms with van der Waals surface area (Å²) in [5, 5.41) is 116. The molecule has 640 valence electrons. The van der Waals surface area contributed by atoms with Crippen LogP contribution in [0.3, 0.4) is 0 Å². The van der Waals surface area contributed by atoms with E-state index < -0.39 is 180 Å². The number of aliphatic hydroxyl groups is 10. The molecule has 10 unspecified atom stereocenters. The maximum Gasteiger partial charge on any atom is 0.474 e. The lowest BCUT2D eigenvalue weighted by Gasteiger charge is -2.51. The Balaban J connectivity index is 1.30. The van der Waals surface area contributed by atoms with Gasteiger partial charge in [-0.3, -0.25) is 37.5 Å². The van der Waals surface area contributed by atoms with E-state index in [0.29, 0.717) is 25.7 Å². The van der Waals surface area contributed by atoms with Crippen LogP contribution in [0.2, 0.25) is 0 Å². The molecule has 4 rings (SSSR count). The lowest BCUT2D eigenvalue weighted by molar-refractivity contribution is -0.361. The van der Waals surface area contributed by atoms with Crippen molar-refractivity contribution in [1.29, 1.82) is 0 Å². The lowest BCUT2D eigenvalue weighted by Crippen LogP contribution is -2.69. The third-order valence-corrected chi connectivity index (χ3v) is 21.9. The van der Waals surface area contributed by atoms with Gasteiger partial charge in [-0.25, -0.2) is 4.57 Å². The Bertz CT molecular complexity index is 2620. The van der Waals surface area contributed by atoms with Crippen LogP contribution in [0.15, 0.2) is 24.3 Å². The highest BCUT2D eigenvalue weighted by atomic mass is 31.2. The molecule has 23 atom stereocenters. The minimum atomic E-state index is -4.30. The summed E-state index contributed by atoms with van der Waals surface area (Å²) in [5.41, 5.74) is 0. The van der Waals surface area contributed by atoms with E-state index in [2.05, 4.69) is 54.9 Å². The van der Waals surface area contributed by atoms with Crippen LogP contribution in [0.4, 0.5) is 0 Å². The van der Waals surface area contributed by atoms with Crippen molar-refractivity contribution in [2.24, 2.45) is 11.8 Å². The van der Waals surface area contributed by atoms with Gasteiger partial charge in [0, 0.05) is 58.9 Å². The van der Waals surface area contributed by atoms with E-state index in [1.54, 1.807) is 0 Å². The fourth-order valence-corrected chi connectivity index (χ4v) is 14.7. The van der Waals surface area contributed by atoms with Crippen molar-refractivity contribution in [1.82, 2.24) is 16.0 Å². The van der Waals surface area contributed by atoms with E-state index in [9.17, 15) is 79.6 Å². The van der Waals surface area contributed by atoms with Crippen molar-refractivity contribution in [3.05, 3.63) is 24.3 Å². The Morgan fingerprint density at radius 1 is 0.518 bits per heavy atom. The number of esters is 2. The quantitative estimate of drug-likeness (QED) is 0.0134. The van der Waals surface area contributed by atoms with E-state index in [1.165, 1.54) is 78.1 Å². The van der Waals surface area contributed by atoms with Crippen LogP contribution in [-0.2, 0) is 84.7 Å². The van der Waals surface area contributed by atoms with Gasteiger partial charge >= 0.3 is 19.8 Å². The topological polar surface area (TPSA) is 452 Å². The highest BCUT2D eigenvalue weighted by molar-refractivity contribution is 7.48. The van der Waals surface area contributed by atoms with E-state index in [1.807, 2.05) is 6.08 Å². The number of aliphatic hydroxyl groups excluding tert-OH is 10. The van der Waals surface area contributed by atoms with Crippen molar-refractivity contribution in [2.75, 3.05) is 59.8 Å². The number of nitrogens with one attached hydrogen (secondary N) is 3. The SMILES string of the molecule is CCCCCCCC/C=C\C(CCCCCC)C(=O)OC[C@H](COP(=O)(OC)OCCNC(=O)CCCCC(=O)NCCCO[C@@H]1OC(CO)[C@H](O[C@@H]2OC(C)[C@H](O)C(O)[C@@H]2O)[C@H](O[C@@H]2CC(CO)[C@H](O)[C@H](O)C2O[C@@H]2OC(C)[C@H](O)[C@@H](O)C2O)C1NC(C)=O)OC(=O)CCCCCCC/C=C/CCCCCCCC. The molecule has 13 N–H and O–H groups in total. The molecule has 110 heavy (non-hydrogen) atoms. The molecule has 3 aliphatic heterocycles. The summed E-state index contributed by atoms with van der Waals surface area (Å²) in [6.45, 7) is 7.67. The third kappa shape index (κ3) is 36.6. The third-order valence-electron chi connectivity index (χ3n) is 20.4. The van der Waals surface area contributed by atoms with Crippen molar-refractivity contribution in [3.63, 3.8) is 0 Å². The van der Waals surface area contributed by atoms with Crippen molar-refractivity contribution < 1.29 is 136 Å². The molecule has 0 aromatic rings. The molecule has 0 aromatic carbocycles. The predicted octanol–water partition coefficient (Wildman–Crippen LogP) is 6.49. The fourth-order valence-electron chi connectivity index (χ4n) is 13.7. The molecule has 3 saturated heterocycles. The fraction of sp³-hybridized carbons (Fsp3) is 0.885. The first-order valence-electron chi connectivity index (χ1n) is 41.0. The Labute approximate surface area is 652 Å². The summed E-state index contributed by atoms with van der Waals surface area (Å²) < 4.78 is 84.5. The van der Waals surface area contributed by atoms with Crippen molar-refractivity contribution in [2.45, 2.75) is 370 Å². The van der Waals surface area contributed by atoms with E-state index in [-0.39, 0.29) is 76.8 Å². The van der Waals surface area contributed by atoms with Gasteiger partial charge in [-0.2, -0.15) is 0 Å². The first-order valence-corrected chi connectivity index (χ1v) is 42.5. The summed E-state index contributed by atoms with van der Waals surface area (Å²) in [6, 6.07) is -1.42. The second-order valence-electron chi connectivity index (χ2n) is 29.7. The zero-order chi connectivity index (χ0) is 80.8. The number of allylic oxidation sites excluding steroid dienone is 3. The van der Waals surface area contributed by atoms with Crippen LogP contribution in [0.25, 0.3) is 0 Å². The molecule has 1 aliphatic carbocycles. The molecular weight excluding hydrogens is 1460 g/mol. The van der Waals surface area contributed by atoms with Crippen LogP contribution >= 0.6 is 7.82 Å². The summed E-state index contributed by atoms with van der Waals surface area (Å²) in [5.74, 6) is -3.94. The summed E-state index contributed by atoms with van der Waals surface area (Å²) in [6.07, 6.45) is 5.98. The van der Waals surface area contributed by atoms with E-state index in [0.717, 1.165) is 97.5 Å². The van der Waals surface area contributed by atoms with Gasteiger partial charge in [-0.1, -0.05) is 154 Å². The Kier molecular flexibility index (Phi) is 50.7. The Morgan fingerprint density at radius 3 is 1.58 bits per heavy atom. The molecule has 4 fully saturated rings. The number of phosphoric acid groups is 1. The molecule has 3 amide bonds. The maximum atomic E-state index is 13.7. The smallest absolute Gasteiger partial charge is 0.461 e. The number of carbonyl (C=O) groups is 5. The van der Waals surface area contributed by atoms with Gasteiger partial charge in [0.15, 0.2) is 25.0 Å². The molecule has 4 aliphatic rings. The zero-order valence-electron chi connectivity index (χ0n) is 66.6. The minimum absolute atomic E-state index is 0.0308. The van der Waals surface area contributed by atoms with Gasteiger partial charge in [0.05, 0.1) is 56.8 Å². The first-order chi connectivity index (χ1) is 52.9. The molecule has 0 bridgehead atoms. The average Bonchev–Trinajstić information content (AvgIpc) is 0.764. The monoisotopic (exact) mass is 1600 g/mol. The number of carbonyl (C=O) groups excluding carboxylic acids is 5. The Hall–Kier alpha value is -3.74. The summed E-state index contributed by atoms with van der Waals surface area (Å²) in [4.78, 5) is 66.0. The molecular formula is C78H140N3O28P. The van der Waals surface area contributed by atoms with Gasteiger partial charge in [0.1, 0.15) is 79.8 Å². The molecule has 0 spiro atoms. The van der Waals surface area contributed by atoms with Gasteiger partial charge in [-0.05, 0) is 90.9 Å². The van der Waals surface area contributed by atoms with Crippen LogP contribution in [0.5, 0.6) is 0 Å². The predicted molar refractivity (Wildman–Crippen MR) is 405 cm³/mol. The number of unbranched alkanes of at least 4 members (excludes halogenated alkanes) is 21. The number of amides is 3. The molecule has 0 radical (unpaired) electrons. The van der Waals surface area contributed by atoms with E-state index in [4.69, 9.17) is 56.2 Å². The normalized spacial score (nSPS) is 29.7. The number of phosphoric ester groups is 1. The van der Waals surface area contributed by atoms with Gasteiger partial charge in [-0.15, -0.1) is 0 Å². The minimum Gasteiger partial charge on any atom is -0.461 e. The Morgan fingerprint density at radius 2 is 1.04 bits per heavy atom. The van der Waals surface area contributed by atoms with Crippen LogP contribution in [-0.4, -0.2) is 263 Å². The molecule has 32 heteroatoms. The second kappa shape index (κ2) is 56.5. The van der Waals surface area contributed by atoms with Crippen LogP contribution in [0.1, 0.15) is 247 Å². The average molecular weight is 1600 g/mol. The van der Waals surface area contributed by atoms with Gasteiger partial charge in [0.2, 0.25) is 17.7 Å². The van der Waals surface area contributed by atoms with Crippen LogP contribution < -0.4 is 16.0 Å². The van der Waals surface area contributed by atoms with Crippen LogP contribution in [0, 0.1) is 11.8 Å². The molecule has 31 nitrogen and oxygen atoms in total. The standard InChI is InChI=1S/C78H140N3O28P/c1-8-11-14-17-19-21-22-23-24-25-26-27-29-31-34-42-62(87)105-57(50-100-75(96)55(38-32-16-13-10-3)39-33-30-28-20-18-15-12-9-2)51-102-110(97,98-7)101-46-44-80-61(86)41-36-35-40-60(85)79-43-37-45-99-76-63(81-54(6)84)74(73(59(49-83)107-76)109-78-71(95)68(92)65(89)53(5)104-78)106-58-47-56(48-82)66(90)69(93)72(58)108-77-70(94)67(91)64(88)52(4)103-77/h23-24,33,39,52-53,55-59,63-74,76-78,82-83,88-95H,8-22,25-32,34-38,40-51H2,1-7H3,(H,79,85)(H,80,86)(H,81,84)/b24-23+,39-33-/t52?,53?,55?,56?,57-,58-,59?,63?,64+,65+,66+,67-,68?,69+,70?,71+,72?,73+,74-,76-,77+,78+,110?/m1/s1. The van der Waals surface area contributed by atoms with Gasteiger partial charge < -0.3 is 110 Å².